The van der Waals surface area contributed by atoms with Crippen LogP contribution in [-0.4, -0.2) is 10.9 Å². The standard InChI is InChI=1S/C12H7Br3N2O/c13-7-4-5-10(16-6-7)12(18)17-11-8(14)2-1-3-9(11)15/h1-6H,(H,17,18). The van der Waals surface area contributed by atoms with Crippen LogP contribution >= 0.6 is 47.8 Å². The molecule has 0 bridgehead atoms. The topological polar surface area (TPSA) is 42.0 Å². The van der Waals surface area contributed by atoms with E-state index >= 15 is 0 Å². The quantitative estimate of drug-likeness (QED) is 0.749. The third-order valence-corrected chi connectivity index (χ3v) is 3.95. The molecule has 0 saturated carbocycles. The van der Waals surface area contributed by atoms with Gasteiger partial charge in [-0.3, -0.25) is 4.79 Å². The van der Waals surface area contributed by atoms with E-state index in [1.165, 1.54) is 0 Å². The molecule has 0 unspecified atom stereocenters. The number of rotatable bonds is 2. The first-order chi connectivity index (χ1) is 8.58. The molecule has 1 aromatic heterocycles. The largest absolute Gasteiger partial charge is 0.319 e. The van der Waals surface area contributed by atoms with Crippen LogP contribution in [0.5, 0.6) is 0 Å². The zero-order valence-corrected chi connectivity index (χ0v) is 13.7. The maximum atomic E-state index is 12.0. The Labute approximate surface area is 129 Å². The first-order valence-electron chi connectivity index (χ1n) is 4.95. The molecule has 3 nitrogen and oxygen atoms in total. The molecule has 1 aromatic carbocycles. The van der Waals surface area contributed by atoms with Gasteiger partial charge in [0.2, 0.25) is 0 Å². The molecule has 1 heterocycles. The first-order valence-corrected chi connectivity index (χ1v) is 7.33. The number of nitrogens with one attached hydrogen (secondary N) is 1. The van der Waals surface area contributed by atoms with Gasteiger partial charge in [0.1, 0.15) is 5.69 Å². The summed E-state index contributed by atoms with van der Waals surface area (Å²) in [6, 6.07) is 9.02. The van der Waals surface area contributed by atoms with E-state index in [0.717, 1.165) is 13.4 Å². The molecule has 0 aliphatic carbocycles. The molecule has 0 fully saturated rings. The summed E-state index contributed by atoms with van der Waals surface area (Å²) < 4.78 is 2.45. The molecule has 0 saturated heterocycles. The van der Waals surface area contributed by atoms with Crippen LogP contribution in [0, 0.1) is 0 Å². The van der Waals surface area contributed by atoms with Gasteiger partial charge in [0.15, 0.2) is 0 Å². The highest BCUT2D eigenvalue weighted by molar-refractivity contribution is 9.11. The molecule has 0 aliphatic heterocycles. The Hall–Kier alpha value is -0.720. The maximum absolute atomic E-state index is 12.0. The molecule has 2 aromatic rings. The minimum Gasteiger partial charge on any atom is -0.319 e. The molecule has 0 spiro atoms. The van der Waals surface area contributed by atoms with Crippen molar-refractivity contribution < 1.29 is 4.79 Å². The minimum atomic E-state index is -0.255. The van der Waals surface area contributed by atoms with Crippen LogP contribution in [0.1, 0.15) is 10.5 Å². The Bertz CT molecular complexity index is 564. The van der Waals surface area contributed by atoms with E-state index in [1.807, 2.05) is 18.2 Å². The molecule has 18 heavy (non-hydrogen) atoms. The van der Waals surface area contributed by atoms with Crippen LogP contribution in [0.15, 0.2) is 49.9 Å². The summed E-state index contributed by atoms with van der Waals surface area (Å²) in [5, 5.41) is 2.80. The lowest BCUT2D eigenvalue weighted by molar-refractivity contribution is 0.102. The van der Waals surface area contributed by atoms with Gasteiger partial charge in [-0.1, -0.05) is 6.07 Å². The van der Waals surface area contributed by atoms with Crippen molar-refractivity contribution in [1.82, 2.24) is 4.98 Å². The molecule has 2 rings (SSSR count). The summed E-state index contributed by atoms with van der Waals surface area (Å²) in [7, 11) is 0. The fourth-order valence-electron chi connectivity index (χ4n) is 1.30. The summed E-state index contributed by atoms with van der Waals surface area (Å²) in [6.07, 6.45) is 1.59. The molecule has 1 N–H and O–H groups in total. The second-order valence-corrected chi connectivity index (χ2v) is 6.04. The number of carbonyl (C=O) groups is 1. The number of carbonyl (C=O) groups excluding carboxylic acids is 1. The van der Waals surface area contributed by atoms with E-state index < -0.39 is 0 Å². The SMILES string of the molecule is O=C(Nc1c(Br)cccc1Br)c1ccc(Br)cn1. The minimum absolute atomic E-state index is 0.255. The third kappa shape index (κ3) is 3.18. The van der Waals surface area contributed by atoms with Crippen molar-refractivity contribution in [3.63, 3.8) is 0 Å². The fraction of sp³-hybridized carbons (Fsp3) is 0. The highest BCUT2D eigenvalue weighted by Gasteiger charge is 2.11. The Morgan fingerprint density at radius 1 is 1.06 bits per heavy atom. The zero-order chi connectivity index (χ0) is 13.1. The lowest BCUT2D eigenvalue weighted by Crippen LogP contribution is -2.14. The second kappa shape index (κ2) is 5.95. The van der Waals surface area contributed by atoms with Gasteiger partial charge in [-0.15, -0.1) is 0 Å². The number of hydrogen-bond acceptors (Lipinski definition) is 2. The van der Waals surface area contributed by atoms with Gasteiger partial charge in [0.05, 0.1) is 5.69 Å². The van der Waals surface area contributed by atoms with Crippen LogP contribution in [0.25, 0.3) is 0 Å². The van der Waals surface area contributed by atoms with E-state index in [0.29, 0.717) is 11.4 Å². The van der Waals surface area contributed by atoms with Crippen LogP contribution in [0.2, 0.25) is 0 Å². The summed E-state index contributed by atoms with van der Waals surface area (Å²) in [5.41, 5.74) is 1.05. The van der Waals surface area contributed by atoms with Gasteiger partial charge in [0, 0.05) is 19.6 Å². The van der Waals surface area contributed by atoms with Gasteiger partial charge in [-0.05, 0) is 72.1 Å². The summed E-state index contributed by atoms with van der Waals surface area (Å²) in [5.74, 6) is -0.255. The highest BCUT2D eigenvalue weighted by Crippen LogP contribution is 2.30. The number of benzene rings is 1. The third-order valence-electron chi connectivity index (χ3n) is 2.16. The van der Waals surface area contributed by atoms with Crippen molar-refractivity contribution >= 4 is 59.4 Å². The van der Waals surface area contributed by atoms with Crippen molar-refractivity contribution in [2.45, 2.75) is 0 Å². The summed E-state index contributed by atoms with van der Waals surface area (Å²) in [6.45, 7) is 0. The summed E-state index contributed by atoms with van der Waals surface area (Å²) in [4.78, 5) is 16.0. The number of aromatic nitrogens is 1. The van der Waals surface area contributed by atoms with E-state index in [1.54, 1.807) is 18.3 Å². The average molecular weight is 435 g/mol. The normalized spacial score (nSPS) is 10.2. The molecule has 1 amide bonds. The van der Waals surface area contributed by atoms with E-state index in [4.69, 9.17) is 0 Å². The number of pyridine rings is 1. The van der Waals surface area contributed by atoms with Crippen LogP contribution < -0.4 is 5.32 Å². The molecule has 6 heteroatoms. The summed E-state index contributed by atoms with van der Waals surface area (Å²) >= 11 is 10.0. The van der Waals surface area contributed by atoms with Crippen LogP contribution in [-0.2, 0) is 0 Å². The molecule has 0 radical (unpaired) electrons. The van der Waals surface area contributed by atoms with Crippen molar-refractivity contribution in [3.8, 4) is 0 Å². The number of anilines is 1. The smallest absolute Gasteiger partial charge is 0.274 e. The van der Waals surface area contributed by atoms with Crippen molar-refractivity contribution in [2.24, 2.45) is 0 Å². The number of para-hydroxylation sites is 1. The number of nitrogens with zero attached hydrogens (tertiary/aromatic N) is 1. The lowest BCUT2D eigenvalue weighted by atomic mass is 10.3. The molecular weight excluding hydrogens is 428 g/mol. The predicted octanol–water partition coefficient (Wildman–Crippen LogP) is 4.62. The second-order valence-electron chi connectivity index (χ2n) is 3.41. The van der Waals surface area contributed by atoms with Crippen LogP contribution in [0.3, 0.4) is 0 Å². The molecule has 92 valence electrons. The number of hydrogen-bond donors (Lipinski definition) is 1. The van der Waals surface area contributed by atoms with Gasteiger partial charge >= 0.3 is 0 Å². The predicted molar refractivity (Wildman–Crippen MR) is 81.7 cm³/mol. The Morgan fingerprint density at radius 3 is 2.28 bits per heavy atom. The van der Waals surface area contributed by atoms with E-state index in [-0.39, 0.29) is 5.91 Å². The van der Waals surface area contributed by atoms with Gasteiger partial charge < -0.3 is 5.32 Å². The van der Waals surface area contributed by atoms with Crippen molar-refractivity contribution in [3.05, 3.63) is 55.6 Å². The Kier molecular flexibility index (Phi) is 4.53. The highest BCUT2D eigenvalue weighted by atomic mass is 79.9. The van der Waals surface area contributed by atoms with Crippen molar-refractivity contribution in [2.75, 3.05) is 5.32 Å². The van der Waals surface area contributed by atoms with Gasteiger partial charge in [0.25, 0.3) is 5.91 Å². The fourth-order valence-corrected chi connectivity index (χ4v) is 2.74. The van der Waals surface area contributed by atoms with Crippen molar-refractivity contribution in [1.29, 1.82) is 0 Å². The lowest BCUT2D eigenvalue weighted by Gasteiger charge is -2.08. The maximum Gasteiger partial charge on any atom is 0.274 e. The van der Waals surface area contributed by atoms with Gasteiger partial charge in [-0.25, -0.2) is 4.98 Å². The zero-order valence-electron chi connectivity index (χ0n) is 8.95. The van der Waals surface area contributed by atoms with E-state index in [2.05, 4.69) is 58.1 Å². The molecule has 0 aliphatic rings. The average Bonchev–Trinajstić information content (AvgIpc) is 2.34. The number of amides is 1. The van der Waals surface area contributed by atoms with Crippen LogP contribution in [0.4, 0.5) is 5.69 Å². The monoisotopic (exact) mass is 432 g/mol. The van der Waals surface area contributed by atoms with Gasteiger partial charge in [-0.2, -0.15) is 0 Å². The number of halogens is 3. The Morgan fingerprint density at radius 2 is 1.72 bits per heavy atom. The Balaban J connectivity index is 2.24. The molecule has 0 atom stereocenters. The first kappa shape index (κ1) is 13.7. The molecular formula is C12H7Br3N2O. The van der Waals surface area contributed by atoms with E-state index in [9.17, 15) is 4.79 Å².